The van der Waals surface area contributed by atoms with Crippen molar-refractivity contribution in [3.63, 3.8) is 0 Å². The standard InChI is InChI=1S/C13H13ClN2/c1-15-12-4-2-3-5-13(12)16-11-8-6-10(14)7-9-11/h2-9,15-16H,1H3. The monoisotopic (exact) mass is 232 g/mol. The average molecular weight is 233 g/mol. The van der Waals surface area contributed by atoms with Crippen molar-refractivity contribution in [1.82, 2.24) is 0 Å². The number of rotatable bonds is 3. The Bertz CT molecular complexity index is 466. The van der Waals surface area contributed by atoms with E-state index < -0.39 is 0 Å². The molecule has 0 heterocycles. The topological polar surface area (TPSA) is 24.1 Å². The third kappa shape index (κ3) is 2.47. The van der Waals surface area contributed by atoms with Crippen LogP contribution in [0.3, 0.4) is 0 Å². The maximum atomic E-state index is 5.83. The Morgan fingerprint density at radius 3 is 2.12 bits per heavy atom. The Balaban J connectivity index is 2.23. The van der Waals surface area contributed by atoms with Gasteiger partial charge in [0.1, 0.15) is 0 Å². The zero-order valence-electron chi connectivity index (χ0n) is 9.00. The van der Waals surface area contributed by atoms with Gasteiger partial charge in [0, 0.05) is 17.8 Å². The zero-order valence-corrected chi connectivity index (χ0v) is 9.75. The van der Waals surface area contributed by atoms with Gasteiger partial charge in [-0.1, -0.05) is 23.7 Å². The molecule has 0 fully saturated rings. The van der Waals surface area contributed by atoms with E-state index in [1.807, 2.05) is 55.6 Å². The molecular weight excluding hydrogens is 220 g/mol. The van der Waals surface area contributed by atoms with Gasteiger partial charge in [-0.05, 0) is 36.4 Å². The van der Waals surface area contributed by atoms with Crippen molar-refractivity contribution in [3.8, 4) is 0 Å². The Kier molecular flexibility index (Phi) is 3.32. The second-order valence-electron chi connectivity index (χ2n) is 3.43. The predicted molar refractivity (Wildman–Crippen MR) is 70.7 cm³/mol. The molecule has 0 saturated carbocycles. The van der Waals surface area contributed by atoms with Gasteiger partial charge in [0.05, 0.1) is 11.4 Å². The Hall–Kier alpha value is -1.67. The van der Waals surface area contributed by atoms with Gasteiger partial charge in [-0.3, -0.25) is 0 Å². The third-order valence-corrected chi connectivity index (χ3v) is 2.57. The molecule has 0 aliphatic heterocycles. The smallest absolute Gasteiger partial charge is 0.0619 e. The lowest BCUT2D eigenvalue weighted by Gasteiger charge is -2.11. The molecule has 0 bridgehead atoms. The minimum absolute atomic E-state index is 0.743. The van der Waals surface area contributed by atoms with Gasteiger partial charge in [0.25, 0.3) is 0 Å². The summed E-state index contributed by atoms with van der Waals surface area (Å²) < 4.78 is 0. The first-order valence-electron chi connectivity index (χ1n) is 5.09. The van der Waals surface area contributed by atoms with Gasteiger partial charge in [-0.15, -0.1) is 0 Å². The molecular formula is C13H13ClN2. The zero-order chi connectivity index (χ0) is 11.4. The number of benzene rings is 2. The number of halogens is 1. The van der Waals surface area contributed by atoms with Gasteiger partial charge in [0.15, 0.2) is 0 Å². The summed E-state index contributed by atoms with van der Waals surface area (Å²) in [6.45, 7) is 0. The van der Waals surface area contributed by atoms with Crippen LogP contribution in [0.15, 0.2) is 48.5 Å². The second kappa shape index (κ2) is 4.90. The van der Waals surface area contributed by atoms with E-state index >= 15 is 0 Å². The van der Waals surface area contributed by atoms with Crippen molar-refractivity contribution in [3.05, 3.63) is 53.6 Å². The summed E-state index contributed by atoms with van der Waals surface area (Å²) in [5.41, 5.74) is 3.14. The molecule has 2 aromatic rings. The van der Waals surface area contributed by atoms with E-state index in [2.05, 4.69) is 10.6 Å². The van der Waals surface area contributed by atoms with Crippen LogP contribution in [0.4, 0.5) is 17.1 Å². The van der Waals surface area contributed by atoms with E-state index in [0.29, 0.717) is 0 Å². The minimum atomic E-state index is 0.743. The number of nitrogens with one attached hydrogen (secondary N) is 2. The number of hydrogen-bond acceptors (Lipinski definition) is 2. The summed E-state index contributed by atoms with van der Waals surface area (Å²) in [6.07, 6.45) is 0. The highest BCUT2D eigenvalue weighted by atomic mass is 35.5. The average Bonchev–Trinajstić information content (AvgIpc) is 2.33. The van der Waals surface area contributed by atoms with Gasteiger partial charge in [-0.2, -0.15) is 0 Å². The molecule has 2 nitrogen and oxygen atoms in total. The normalized spacial score (nSPS) is 9.88. The lowest BCUT2D eigenvalue weighted by Crippen LogP contribution is -1.96. The van der Waals surface area contributed by atoms with Crippen molar-refractivity contribution in [2.45, 2.75) is 0 Å². The number of hydrogen-bond donors (Lipinski definition) is 2. The molecule has 0 amide bonds. The van der Waals surface area contributed by atoms with Gasteiger partial charge in [0.2, 0.25) is 0 Å². The lowest BCUT2D eigenvalue weighted by atomic mass is 10.2. The molecule has 2 aromatic carbocycles. The first kappa shape index (κ1) is 10.8. The molecule has 3 heteroatoms. The van der Waals surface area contributed by atoms with Crippen molar-refractivity contribution >= 4 is 28.7 Å². The summed E-state index contributed by atoms with van der Waals surface area (Å²) in [4.78, 5) is 0. The highest BCUT2D eigenvalue weighted by Crippen LogP contribution is 2.25. The van der Waals surface area contributed by atoms with E-state index in [4.69, 9.17) is 11.6 Å². The van der Waals surface area contributed by atoms with Crippen LogP contribution in [-0.4, -0.2) is 7.05 Å². The molecule has 0 radical (unpaired) electrons. The van der Waals surface area contributed by atoms with E-state index in [9.17, 15) is 0 Å². The van der Waals surface area contributed by atoms with Gasteiger partial charge >= 0.3 is 0 Å². The summed E-state index contributed by atoms with van der Waals surface area (Å²) in [5.74, 6) is 0. The molecule has 2 N–H and O–H groups in total. The quantitative estimate of drug-likeness (QED) is 0.832. The first-order valence-corrected chi connectivity index (χ1v) is 5.47. The number of para-hydroxylation sites is 2. The van der Waals surface area contributed by atoms with Crippen molar-refractivity contribution in [1.29, 1.82) is 0 Å². The Morgan fingerprint density at radius 1 is 0.875 bits per heavy atom. The van der Waals surface area contributed by atoms with Crippen molar-refractivity contribution in [2.24, 2.45) is 0 Å². The molecule has 0 spiro atoms. The molecule has 0 aliphatic rings. The number of anilines is 3. The molecule has 0 unspecified atom stereocenters. The van der Waals surface area contributed by atoms with E-state index in [1.54, 1.807) is 0 Å². The fraction of sp³-hybridized carbons (Fsp3) is 0.0769. The highest BCUT2D eigenvalue weighted by Gasteiger charge is 1.99. The Morgan fingerprint density at radius 2 is 1.50 bits per heavy atom. The van der Waals surface area contributed by atoms with Crippen LogP contribution in [0.25, 0.3) is 0 Å². The van der Waals surface area contributed by atoms with Crippen LogP contribution < -0.4 is 10.6 Å². The van der Waals surface area contributed by atoms with Crippen LogP contribution in [0.2, 0.25) is 5.02 Å². The van der Waals surface area contributed by atoms with Crippen molar-refractivity contribution in [2.75, 3.05) is 17.7 Å². The van der Waals surface area contributed by atoms with Gasteiger partial charge in [-0.25, -0.2) is 0 Å². The predicted octanol–water partition coefficient (Wildman–Crippen LogP) is 4.13. The minimum Gasteiger partial charge on any atom is -0.386 e. The SMILES string of the molecule is CNc1ccccc1Nc1ccc(Cl)cc1. The van der Waals surface area contributed by atoms with E-state index in [-0.39, 0.29) is 0 Å². The molecule has 16 heavy (non-hydrogen) atoms. The lowest BCUT2D eigenvalue weighted by molar-refractivity contribution is 1.48. The highest BCUT2D eigenvalue weighted by molar-refractivity contribution is 6.30. The van der Waals surface area contributed by atoms with Crippen LogP contribution >= 0.6 is 11.6 Å². The van der Waals surface area contributed by atoms with Crippen molar-refractivity contribution < 1.29 is 0 Å². The van der Waals surface area contributed by atoms with E-state index in [0.717, 1.165) is 22.1 Å². The maximum Gasteiger partial charge on any atom is 0.0619 e. The summed E-state index contributed by atoms with van der Waals surface area (Å²) in [6, 6.07) is 15.7. The fourth-order valence-electron chi connectivity index (χ4n) is 1.50. The van der Waals surface area contributed by atoms with Crippen LogP contribution in [0.5, 0.6) is 0 Å². The largest absolute Gasteiger partial charge is 0.386 e. The van der Waals surface area contributed by atoms with Gasteiger partial charge < -0.3 is 10.6 Å². The second-order valence-corrected chi connectivity index (χ2v) is 3.86. The molecule has 2 rings (SSSR count). The molecule has 82 valence electrons. The van der Waals surface area contributed by atoms with Crippen LogP contribution in [-0.2, 0) is 0 Å². The summed E-state index contributed by atoms with van der Waals surface area (Å²) >= 11 is 5.83. The third-order valence-electron chi connectivity index (χ3n) is 2.32. The summed E-state index contributed by atoms with van der Waals surface area (Å²) in [7, 11) is 1.91. The molecule has 0 aromatic heterocycles. The van der Waals surface area contributed by atoms with Crippen LogP contribution in [0.1, 0.15) is 0 Å². The van der Waals surface area contributed by atoms with Crippen LogP contribution in [0, 0.1) is 0 Å². The fourth-order valence-corrected chi connectivity index (χ4v) is 1.62. The summed E-state index contributed by atoms with van der Waals surface area (Å²) in [5, 5.41) is 7.21. The molecule has 0 aliphatic carbocycles. The molecule has 0 saturated heterocycles. The maximum absolute atomic E-state index is 5.83. The molecule has 0 atom stereocenters. The van der Waals surface area contributed by atoms with E-state index in [1.165, 1.54) is 0 Å². The first-order chi connectivity index (χ1) is 7.79. The Labute approximate surface area is 100 Å².